The van der Waals surface area contributed by atoms with Crippen LogP contribution in [0.5, 0.6) is 0 Å². The first-order valence-corrected chi connectivity index (χ1v) is 23.3. The zero-order valence-electron chi connectivity index (χ0n) is 37.7. The molecular formula is C41H85N7O13S. The Hall–Kier alpha value is -1.35. The van der Waals surface area contributed by atoms with E-state index in [9.17, 15) is 30.0 Å². The topological polar surface area (TPSA) is 283 Å². The van der Waals surface area contributed by atoms with E-state index in [2.05, 4.69) is 40.8 Å². The Morgan fingerprint density at radius 3 is 1.65 bits per heavy atom. The van der Waals surface area contributed by atoms with Crippen LogP contribution >= 0.6 is 12.6 Å². The first-order chi connectivity index (χ1) is 30.0. The van der Waals surface area contributed by atoms with Crippen molar-refractivity contribution in [3.8, 4) is 0 Å². The quantitative estimate of drug-likeness (QED) is 0.0194. The molecule has 0 bridgehead atoms. The summed E-state index contributed by atoms with van der Waals surface area (Å²) < 4.78 is 38.9. The molecule has 2 amide bonds. The van der Waals surface area contributed by atoms with Gasteiger partial charge in [-0.3, -0.25) is 19.8 Å². The standard InChI is InChI=1S/C41H85N7O13S/c1-3-5-11-22-55-23-24-56-25-26-57-27-28-58-29-30-59-31-32-60-38(37(43)52)48(35(50)4-2)40(54)36(51)34(33-49)61-41(62,39(40)53)47-21-8-6-7-15-45-19-13-20-46-17-10-9-16-44-18-12-14-42/h34,36,38-39,44-47,49,51,53-54,62H,3-33,42H2,1-2H3,(H2,43,52)/t34-,36-,38?,39+,40+,41?/m1/s1. The molecule has 0 spiro atoms. The molecule has 2 unspecified atom stereocenters. The number of carbonyl (C=O) groups is 2. The molecule has 0 radical (unpaired) electrons. The highest BCUT2D eigenvalue weighted by atomic mass is 32.1. The predicted octanol–water partition coefficient (Wildman–Crippen LogP) is -1.24. The molecule has 21 heteroatoms. The van der Waals surface area contributed by atoms with Crippen molar-refractivity contribution in [3.63, 3.8) is 0 Å². The number of carbonyl (C=O) groups excluding carboxylic acids is 2. The van der Waals surface area contributed by atoms with Crippen LogP contribution in [0.2, 0.25) is 0 Å². The molecule has 0 aromatic carbocycles. The number of aliphatic hydroxyl groups is 4. The van der Waals surface area contributed by atoms with E-state index in [1.165, 1.54) is 6.92 Å². The van der Waals surface area contributed by atoms with Crippen LogP contribution in [0.1, 0.15) is 84.5 Å². The summed E-state index contributed by atoms with van der Waals surface area (Å²) in [4.78, 5) is 26.7. The summed E-state index contributed by atoms with van der Waals surface area (Å²) in [6, 6.07) is 0. The van der Waals surface area contributed by atoms with Crippen molar-refractivity contribution in [3.05, 3.63) is 0 Å². The Kier molecular flexibility index (Phi) is 35.8. The van der Waals surface area contributed by atoms with Gasteiger partial charge in [-0.2, -0.15) is 0 Å². The van der Waals surface area contributed by atoms with Gasteiger partial charge in [-0.1, -0.05) is 33.1 Å². The lowest BCUT2D eigenvalue weighted by atomic mass is 9.88. The summed E-state index contributed by atoms with van der Waals surface area (Å²) in [7, 11) is 0. The van der Waals surface area contributed by atoms with Gasteiger partial charge in [0.1, 0.15) is 12.2 Å². The highest BCUT2D eigenvalue weighted by Crippen LogP contribution is 2.41. The smallest absolute Gasteiger partial charge is 0.267 e. The number of ether oxygens (including phenoxy) is 7. The fourth-order valence-electron chi connectivity index (χ4n) is 6.52. The van der Waals surface area contributed by atoms with Crippen molar-refractivity contribution in [2.45, 2.75) is 120 Å². The molecular weight excluding hydrogens is 831 g/mol. The van der Waals surface area contributed by atoms with Crippen molar-refractivity contribution in [1.82, 2.24) is 26.2 Å². The largest absolute Gasteiger partial charge is 0.394 e. The Morgan fingerprint density at radius 1 is 0.694 bits per heavy atom. The first kappa shape index (κ1) is 58.7. The number of hydrogen-bond acceptors (Lipinski definition) is 19. The lowest BCUT2D eigenvalue weighted by molar-refractivity contribution is -0.343. The maximum atomic E-state index is 13.4. The molecule has 0 aliphatic carbocycles. The number of nitrogens with zero attached hydrogens (tertiary/aromatic N) is 1. The Morgan fingerprint density at radius 2 is 1.16 bits per heavy atom. The first-order valence-electron chi connectivity index (χ1n) is 22.8. The van der Waals surface area contributed by atoms with Crippen molar-refractivity contribution in [2.75, 3.05) is 132 Å². The molecule has 20 nitrogen and oxygen atoms in total. The number of nitrogens with one attached hydrogen (secondary N) is 4. The number of thiol groups is 1. The van der Waals surface area contributed by atoms with Gasteiger partial charge in [0.05, 0.1) is 72.7 Å². The monoisotopic (exact) mass is 916 g/mol. The molecule has 1 aliphatic rings. The molecule has 1 fully saturated rings. The van der Waals surface area contributed by atoms with Gasteiger partial charge in [-0.15, -0.1) is 12.6 Å². The van der Waals surface area contributed by atoms with E-state index >= 15 is 0 Å². The number of primary amides is 1. The van der Waals surface area contributed by atoms with Gasteiger partial charge >= 0.3 is 0 Å². The number of amides is 2. The highest BCUT2D eigenvalue weighted by Gasteiger charge is 2.66. The van der Waals surface area contributed by atoms with E-state index in [0.717, 1.165) is 104 Å². The lowest BCUT2D eigenvalue weighted by Gasteiger charge is -2.56. The second kappa shape index (κ2) is 37.8. The minimum Gasteiger partial charge on any atom is -0.394 e. The summed E-state index contributed by atoms with van der Waals surface area (Å²) in [5, 5.41) is 56.3. The SMILES string of the molecule is CCCCCOCCOCCOCCOCCOCCOC(C(N)=O)N(C(=O)CC)[C@]1(O)[C@H](O)[C@@H](CO)OC(S)(NCCCCCNCCCNCCCCNCCCN)[C@H]1O. The average molecular weight is 916 g/mol. The lowest BCUT2D eigenvalue weighted by Crippen LogP contribution is -2.81. The summed E-state index contributed by atoms with van der Waals surface area (Å²) in [5.41, 5.74) is 8.22. The van der Waals surface area contributed by atoms with E-state index in [1.807, 2.05) is 0 Å². The molecule has 1 saturated heterocycles. The fraction of sp³-hybridized carbons (Fsp3) is 0.951. The van der Waals surface area contributed by atoms with E-state index in [0.29, 0.717) is 57.5 Å². The van der Waals surface area contributed by atoms with Crippen LogP contribution in [0.25, 0.3) is 0 Å². The van der Waals surface area contributed by atoms with Gasteiger partial charge in [0.2, 0.25) is 17.9 Å². The zero-order valence-corrected chi connectivity index (χ0v) is 38.6. The van der Waals surface area contributed by atoms with Crippen LogP contribution in [0.4, 0.5) is 0 Å². The number of aliphatic hydroxyl groups excluding tert-OH is 3. The molecule has 1 rings (SSSR count). The molecule has 1 heterocycles. The van der Waals surface area contributed by atoms with E-state index in [4.69, 9.17) is 44.6 Å². The van der Waals surface area contributed by atoms with E-state index < -0.39 is 53.7 Å². The molecule has 0 aromatic heterocycles. The Balaban J connectivity index is 2.49. The summed E-state index contributed by atoms with van der Waals surface area (Å²) in [6.07, 6.45) is 1.96. The summed E-state index contributed by atoms with van der Waals surface area (Å²) >= 11 is 4.50. The van der Waals surface area contributed by atoms with Crippen molar-refractivity contribution in [2.24, 2.45) is 11.5 Å². The predicted molar refractivity (Wildman–Crippen MR) is 238 cm³/mol. The van der Waals surface area contributed by atoms with Crippen LogP contribution in [0.3, 0.4) is 0 Å². The van der Waals surface area contributed by atoms with Gasteiger partial charge < -0.3 is 81.0 Å². The van der Waals surface area contributed by atoms with E-state index in [1.54, 1.807) is 0 Å². The second-order valence-electron chi connectivity index (χ2n) is 15.1. The van der Waals surface area contributed by atoms with Gasteiger partial charge in [0.15, 0.2) is 11.2 Å². The van der Waals surface area contributed by atoms with Crippen molar-refractivity contribution < 1.29 is 63.2 Å². The third kappa shape index (κ3) is 24.3. The number of nitrogens with two attached hydrogens (primary N) is 2. The Bertz CT molecular complexity index is 1100. The zero-order chi connectivity index (χ0) is 45.7. The Labute approximate surface area is 375 Å². The fourth-order valence-corrected chi connectivity index (χ4v) is 6.96. The maximum absolute atomic E-state index is 13.4. The van der Waals surface area contributed by atoms with Crippen LogP contribution in [-0.4, -0.2) is 204 Å². The van der Waals surface area contributed by atoms with Gasteiger partial charge in [0.25, 0.3) is 5.91 Å². The second-order valence-corrected chi connectivity index (χ2v) is 15.8. The minimum absolute atomic E-state index is 0.0524. The van der Waals surface area contributed by atoms with Crippen LogP contribution in [0, 0.1) is 0 Å². The molecule has 0 aromatic rings. The number of rotatable bonds is 44. The van der Waals surface area contributed by atoms with Gasteiger partial charge in [-0.05, 0) is 97.3 Å². The molecule has 6 atom stereocenters. The molecule has 1 aliphatic heterocycles. The maximum Gasteiger partial charge on any atom is 0.267 e. The number of hydrogen-bond donors (Lipinski definition) is 11. The third-order valence-corrected chi connectivity index (χ3v) is 10.5. The van der Waals surface area contributed by atoms with Crippen LogP contribution in [-0.2, 0) is 42.7 Å². The third-order valence-electron chi connectivity index (χ3n) is 10.0. The van der Waals surface area contributed by atoms with Crippen molar-refractivity contribution in [1.29, 1.82) is 0 Å². The van der Waals surface area contributed by atoms with Gasteiger partial charge in [-0.25, -0.2) is 0 Å². The number of unbranched alkanes of at least 4 members (excludes halogenated alkanes) is 5. The summed E-state index contributed by atoms with van der Waals surface area (Å²) in [5.74, 6) is -2.07. The van der Waals surface area contributed by atoms with Crippen molar-refractivity contribution >= 4 is 24.4 Å². The van der Waals surface area contributed by atoms with Crippen LogP contribution in [0.15, 0.2) is 0 Å². The van der Waals surface area contributed by atoms with Gasteiger partial charge in [0, 0.05) is 13.0 Å². The minimum atomic E-state index is -2.95. The van der Waals surface area contributed by atoms with Crippen LogP contribution < -0.4 is 32.7 Å². The summed E-state index contributed by atoms with van der Waals surface area (Å²) in [6.45, 7) is 13.0. The van der Waals surface area contributed by atoms with E-state index in [-0.39, 0.29) is 39.4 Å². The highest BCUT2D eigenvalue weighted by molar-refractivity contribution is 7.81. The molecule has 12 N–H and O–H groups in total. The molecule has 368 valence electrons. The normalized spacial score (nSPS) is 22.0. The molecule has 0 saturated carbocycles. The average Bonchev–Trinajstić information content (AvgIpc) is 3.26. The molecule has 62 heavy (non-hydrogen) atoms.